The molecule has 0 saturated heterocycles. The lowest BCUT2D eigenvalue weighted by molar-refractivity contribution is -0.147. The van der Waals surface area contributed by atoms with E-state index in [2.05, 4.69) is 15.9 Å². The number of benzene rings is 1. The van der Waals surface area contributed by atoms with Gasteiger partial charge < -0.3 is 14.8 Å². The molecule has 0 saturated carbocycles. The topological polar surface area (TPSA) is 62.5 Å². The van der Waals surface area contributed by atoms with Crippen molar-refractivity contribution in [1.82, 2.24) is 4.57 Å². The Kier molecular flexibility index (Phi) is 3.45. The van der Waals surface area contributed by atoms with Crippen LogP contribution in [0.2, 0.25) is 0 Å². The van der Waals surface area contributed by atoms with Crippen LogP contribution in [0.1, 0.15) is 31.7 Å². The highest BCUT2D eigenvalue weighted by Crippen LogP contribution is 2.30. The highest BCUT2D eigenvalue weighted by Gasteiger charge is 2.23. The number of aliphatic hydroxyl groups excluding tert-OH is 1. The van der Waals surface area contributed by atoms with Crippen LogP contribution < -0.4 is 0 Å². The van der Waals surface area contributed by atoms with Crippen molar-refractivity contribution in [3.05, 3.63) is 34.4 Å². The third kappa shape index (κ3) is 2.15. The molecule has 1 heterocycles. The number of rotatable bonds is 3. The number of aromatic nitrogens is 1. The lowest BCUT2D eigenvalue weighted by Gasteiger charge is -2.16. The number of fused-ring (bicyclic) bond motifs is 1. The summed E-state index contributed by atoms with van der Waals surface area (Å²) < 4.78 is 2.77. The van der Waals surface area contributed by atoms with Gasteiger partial charge in [-0.2, -0.15) is 0 Å². The first-order valence-electron chi connectivity index (χ1n) is 5.63. The summed E-state index contributed by atoms with van der Waals surface area (Å²) in [7, 11) is 0. The van der Waals surface area contributed by atoms with Crippen LogP contribution in [0.4, 0.5) is 0 Å². The van der Waals surface area contributed by atoms with Gasteiger partial charge in [0.15, 0.2) is 6.10 Å². The second kappa shape index (κ2) is 4.74. The molecule has 0 amide bonds. The third-order valence-electron chi connectivity index (χ3n) is 2.86. The van der Waals surface area contributed by atoms with Crippen molar-refractivity contribution >= 4 is 32.8 Å². The fraction of sp³-hybridized carbons (Fsp3) is 0.308. The van der Waals surface area contributed by atoms with E-state index in [1.165, 1.54) is 0 Å². The summed E-state index contributed by atoms with van der Waals surface area (Å²) in [4.78, 5) is 10.9. The molecule has 18 heavy (non-hydrogen) atoms. The summed E-state index contributed by atoms with van der Waals surface area (Å²) in [6.45, 7) is 3.92. The SMILES string of the molecule is CC(C)n1c(C(O)C(=O)O)cc2cc(Br)ccc21. The van der Waals surface area contributed by atoms with Gasteiger partial charge in [-0.15, -0.1) is 0 Å². The minimum atomic E-state index is -1.50. The smallest absolute Gasteiger partial charge is 0.338 e. The van der Waals surface area contributed by atoms with Crippen molar-refractivity contribution in [3.8, 4) is 0 Å². The number of hydrogen-bond acceptors (Lipinski definition) is 2. The molecule has 1 unspecified atom stereocenters. The Morgan fingerprint density at radius 3 is 2.56 bits per heavy atom. The first kappa shape index (κ1) is 13.1. The Morgan fingerprint density at radius 2 is 2.00 bits per heavy atom. The van der Waals surface area contributed by atoms with Crippen LogP contribution in [0.5, 0.6) is 0 Å². The van der Waals surface area contributed by atoms with Gasteiger partial charge in [0.25, 0.3) is 0 Å². The highest BCUT2D eigenvalue weighted by atomic mass is 79.9. The molecule has 5 heteroatoms. The number of aliphatic hydroxyl groups is 1. The summed E-state index contributed by atoms with van der Waals surface area (Å²) in [5.41, 5.74) is 1.33. The van der Waals surface area contributed by atoms with Gasteiger partial charge in [0.1, 0.15) is 0 Å². The number of halogens is 1. The maximum Gasteiger partial charge on any atom is 0.338 e. The molecule has 0 fully saturated rings. The zero-order valence-corrected chi connectivity index (χ0v) is 11.7. The van der Waals surface area contributed by atoms with Crippen LogP contribution in [0.3, 0.4) is 0 Å². The zero-order chi connectivity index (χ0) is 13.4. The summed E-state index contributed by atoms with van der Waals surface area (Å²) in [5, 5.41) is 19.6. The van der Waals surface area contributed by atoms with Crippen molar-refractivity contribution in [2.75, 3.05) is 0 Å². The number of carboxylic acids is 1. The molecule has 96 valence electrons. The fourth-order valence-corrected chi connectivity index (χ4v) is 2.52. The first-order valence-corrected chi connectivity index (χ1v) is 6.42. The lowest BCUT2D eigenvalue weighted by atomic mass is 10.2. The van der Waals surface area contributed by atoms with Crippen LogP contribution >= 0.6 is 15.9 Å². The van der Waals surface area contributed by atoms with E-state index in [9.17, 15) is 9.90 Å². The first-order chi connectivity index (χ1) is 8.41. The van der Waals surface area contributed by atoms with Gasteiger partial charge in [-0.1, -0.05) is 15.9 Å². The van der Waals surface area contributed by atoms with Crippen molar-refractivity contribution in [2.45, 2.75) is 26.0 Å². The van der Waals surface area contributed by atoms with Gasteiger partial charge in [0.05, 0.1) is 5.69 Å². The van der Waals surface area contributed by atoms with Gasteiger partial charge in [-0.3, -0.25) is 0 Å². The fourth-order valence-electron chi connectivity index (χ4n) is 2.14. The van der Waals surface area contributed by atoms with E-state index >= 15 is 0 Å². The van der Waals surface area contributed by atoms with Crippen LogP contribution in [-0.2, 0) is 4.79 Å². The minimum absolute atomic E-state index is 0.0766. The van der Waals surface area contributed by atoms with Crippen LogP contribution in [0, 0.1) is 0 Å². The molecule has 2 N–H and O–H groups in total. The number of carbonyl (C=O) groups is 1. The van der Waals surface area contributed by atoms with Crippen molar-refractivity contribution in [2.24, 2.45) is 0 Å². The van der Waals surface area contributed by atoms with Crippen LogP contribution in [-0.4, -0.2) is 20.7 Å². The molecular weight excluding hydrogens is 298 g/mol. The summed E-state index contributed by atoms with van der Waals surface area (Å²) in [5.74, 6) is -1.24. The molecule has 4 nitrogen and oxygen atoms in total. The van der Waals surface area contributed by atoms with Gasteiger partial charge in [0.2, 0.25) is 0 Å². The maximum absolute atomic E-state index is 10.9. The number of carboxylic acid groups (broad SMARTS) is 1. The van der Waals surface area contributed by atoms with E-state index in [1.807, 2.05) is 36.6 Å². The Bertz CT molecular complexity index is 604. The molecule has 0 aliphatic rings. The van der Waals surface area contributed by atoms with Crippen molar-refractivity contribution in [3.63, 3.8) is 0 Å². The summed E-state index contributed by atoms with van der Waals surface area (Å²) in [6, 6.07) is 7.52. The zero-order valence-electron chi connectivity index (χ0n) is 10.1. The van der Waals surface area contributed by atoms with Crippen LogP contribution in [0.15, 0.2) is 28.7 Å². The predicted octanol–water partition coefficient (Wildman–Crippen LogP) is 3.10. The molecule has 2 rings (SSSR count). The molecular formula is C13H14BrNO3. The Hall–Kier alpha value is -1.33. The second-order valence-corrected chi connectivity index (χ2v) is 5.39. The molecule has 1 aromatic heterocycles. The van der Waals surface area contributed by atoms with E-state index in [0.29, 0.717) is 5.69 Å². The van der Waals surface area contributed by atoms with Gasteiger partial charge in [-0.05, 0) is 38.1 Å². The average Bonchev–Trinajstić information content (AvgIpc) is 2.65. The minimum Gasteiger partial charge on any atom is -0.479 e. The van der Waals surface area contributed by atoms with Crippen molar-refractivity contribution < 1.29 is 15.0 Å². The molecule has 1 aromatic carbocycles. The Labute approximate surface area is 113 Å². The predicted molar refractivity (Wildman–Crippen MR) is 72.6 cm³/mol. The molecule has 2 aromatic rings. The lowest BCUT2D eigenvalue weighted by Crippen LogP contribution is -2.16. The van der Waals surface area contributed by atoms with E-state index < -0.39 is 12.1 Å². The molecule has 0 bridgehead atoms. The highest BCUT2D eigenvalue weighted by molar-refractivity contribution is 9.10. The van der Waals surface area contributed by atoms with Crippen LogP contribution in [0.25, 0.3) is 10.9 Å². The standard InChI is InChI=1S/C13H14BrNO3/c1-7(2)15-10-4-3-9(14)5-8(10)6-11(15)12(16)13(17)18/h3-7,12,16H,1-2H3,(H,17,18). The third-order valence-corrected chi connectivity index (χ3v) is 3.35. The maximum atomic E-state index is 10.9. The average molecular weight is 312 g/mol. The Balaban J connectivity index is 2.72. The van der Waals surface area contributed by atoms with Gasteiger partial charge >= 0.3 is 5.97 Å². The largest absolute Gasteiger partial charge is 0.479 e. The second-order valence-electron chi connectivity index (χ2n) is 4.48. The Morgan fingerprint density at radius 1 is 1.33 bits per heavy atom. The molecule has 0 spiro atoms. The number of nitrogens with zero attached hydrogens (tertiary/aromatic N) is 1. The van der Waals surface area contributed by atoms with Gasteiger partial charge in [-0.25, -0.2) is 4.79 Å². The number of hydrogen-bond donors (Lipinski definition) is 2. The molecule has 0 aliphatic carbocycles. The van der Waals surface area contributed by atoms with E-state index in [0.717, 1.165) is 15.4 Å². The van der Waals surface area contributed by atoms with E-state index in [-0.39, 0.29) is 6.04 Å². The molecule has 0 aliphatic heterocycles. The summed E-state index contributed by atoms with van der Waals surface area (Å²) >= 11 is 3.38. The van der Waals surface area contributed by atoms with E-state index in [4.69, 9.17) is 5.11 Å². The van der Waals surface area contributed by atoms with Crippen molar-refractivity contribution in [1.29, 1.82) is 0 Å². The number of aliphatic carboxylic acids is 1. The quantitative estimate of drug-likeness (QED) is 0.915. The molecule has 0 radical (unpaired) electrons. The summed E-state index contributed by atoms with van der Waals surface area (Å²) in [6.07, 6.45) is -1.50. The normalized spacial score (nSPS) is 13.2. The van der Waals surface area contributed by atoms with E-state index in [1.54, 1.807) is 6.07 Å². The molecule has 1 atom stereocenters. The monoisotopic (exact) mass is 311 g/mol. The van der Waals surface area contributed by atoms with Gasteiger partial charge in [0, 0.05) is 21.4 Å².